The van der Waals surface area contributed by atoms with Crippen molar-refractivity contribution < 1.29 is 0 Å². The Hall–Kier alpha value is -8.72. The van der Waals surface area contributed by atoms with Crippen LogP contribution in [0.2, 0.25) is 0 Å². The molecule has 0 saturated heterocycles. The maximum absolute atomic E-state index is 2.36. The SMILES string of the molecule is C1=CC(c2ccc(N(c3ccc(-c4ccccc4)cc3)c3ccc(-c4ccccc4)cc3)cc2)C(c2ccc(N(c3ccc(-c4ccccc4)cc3)c3ccc(-c4ccccc4)cc3)cc2)C=C1. The van der Waals surface area contributed by atoms with Crippen LogP contribution in [0.4, 0.5) is 34.1 Å². The largest absolute Gasteiger partial charge is 0.311 e. The molecule has 0 bridgehead atoms. The second kappa shape index (κ2) is 19.4. The minimum atomic E-state index is 0.177. The smallest absolute Gasteiger partial charge is 0.0462 e. The fourth-order valence-electron chi connectivity index (χ4n) is 9.56. The van der Waals surface area contributed by atoms with Crippen molar-refractivity contribution in [3.63, 3.8) is 0 Å². The van der Waals surface area contributed by atoms with Gasteiger partial charge in [-0.05, 0) is 128 Å². The Balaban J connectivity index is 0.889. The third-order valence-electron chi connectivity index (χ3n) is 13.1. The highest BCUT2D eigenvalue weighted by atomic mass is 15.1. The monoisotopic (exact) mass is 870 g/mol. The Bertz CT molecular complexity index is 2860. The summed E-state index contributed by atoms with van der Waals surface area (Å²) in [5.41, 5.74) is 18.8. The summed E-state index contributed by atoms with van der Waals surface area (Å²) in [6.07, 6.45) is 9.09. The van der Waals surface area contributed by atoms with Crippen LogP contribution in [0.1, 0.15) is 23.0 Å². The lowest BCUT2D eigenvalue weighted by molar-refractivity contribution is 0.730. The Morgan fingerprint density at radius 2 is 0.382 bits per heavy atom. The van der Waals surface area contributed by atoms with E-state index in [2.05, 4.69) is 301 Å². The van der Waals surface area contributed by atoms with Crippen LogP contribution in [-0.4, -0.2) is 0 Å². The minimum absolute atomic E-state index is 0.177. The summed E-state index contributed by atoms with van der Waals surface area (Å²) in [5.74, 6) is 0.353. The molecule has 2 nitrogen and oxygen atoms in total. The van der Waals surface area contributed by atoms with E-state index >= 15 is 0 Å². The average Bonchev–Trinajstić information content (AvgIpc) is 3.43. The van der Waals surface area contributed by atoms with Crippen molar-refractivity contribution in [1.29, 1.82) is 0 Å². The van der Waals surface area contributed by atoms with E-state index in [1.807, 2.05) is 0 Å². The number of anilines is 6. The summed E-state index contributed by atoms with van der Waals surface area (Å²) < 4.78 is 0. The molecule has 0 aromatic heterocycles. The van der Waals surface area contributed by atoms with Crippen molar-refractivity contribution in [3.8, 4) is 44.5 Å². The zero-order chi connectivity index (χ0) is 45.5. The zero-order valence-electron chi connectivity index (χ0n) is 37.8. The molecule has 0 heterocycles. The van der Waals surface area contributed by atoms with Gasteiger partial charge in [0, 0.05) is 46.0 Å². The molecule has 10 aromatic carbocycles. The van der Waals surface area contributed by atoms with Crippen LogP contribution in [0.15, 0.2) is 291 Å². The first-order valence-electron chi connectivity index (χ1n) is 23.5. The maximum atomic E-state index is 2.36. The molecule has 0 N–H and O–H groups in total. The molecule has 10 aromatic rings. The van der Waals surface area contributed by atoms with Gasteiger partial charge in [0.05, 0.1) is 0 Å². The lowest BCUT2D eigenvalue weighted by Crippen LogP contribution is -2.13. The molecule has 0 aliphatic heterocycles. The number of benzene rings is 10. The van der Waals surface area contributed by atoms with E-state index in [1.165, 1.54) is 55.6 Å². The molecule has 11 rings (SSSR count). The van der Waals surface area contributed by atoms with Crippen LogP contribution in [-0.2, 0) is 0 Å². The van der Waals surface area contributed by atoms with Crippen molar-refractivity contribution in [2.24, 2.45) is 0 Å². The van der Waals surface area contributed by atoms with Crippen molar-refractivity contribution in [1.82, 2.24) is 0 Å². The first-order valence-corrected chi connectivity index (χ1v) is 23.5. The van der Waals surface area contributed by atoms with Crippen LogP contribution >= 0.6 is 0 Å². The molecule has 324 valence electrons. The molecule has 0 amide bonds. The predicted octanol–water partition coefficient (Wildman–Crippen LogP) is 18.3. The minimum Gasteiger partial charge on any atom is -0.311 e. The van der Waals surface area contributed by atoms with Gasteiger partial charge in [0.1, 0.15) is 0 Å². The second-order valence-corrected chi connectivity index (χ2v) is 17.3. The zero-order valence-corrected chi connectivity index (χ0v) is 37.8. The van der Waals surface area contributed by atoms with Crippen molar-refractivity contribution in [2.45, 2.75) is 11.8 Å². The van der Waals surface area contributed by atoms with Gasteiger partial charge in [-0.3, -0.25) is 0 Å². The van der Waals surface area contributed by atoms with Gasteiger partial charge in [-0.25, -0.2) is 0 Å². The topological polar surface area (TPSA) is 6.48 Å². The van der Waals surface area contributed by atoms with Crippen LogP contribution in [0.3, 0.4) is 0 Å². The summed E-state index contributed by atoms with van der Waals surface area (Å²) in [5, 5.41) is 0. The lowest BCUT2D eigenvalue weighted by atomic mass is 9.79. The summed E-state index contributed by atoms with van der Waals surface area (Å²) in [6, 6.07) is 96.3. The molecular formula is C66H50N2. The van der Waals surface area contributed by atoms with Crippen LogP contribution in [0.5, 0.6) is 0 Å². The number of allylic oxidation sites excluding steroid dienone is 4. The first kappa shape index (κ1) is 41.9. The summed E-state index contributed by atoms with van der Waals surface area (Å²) in [7, 11) is 0. The van der Waals surface area contributed by atoms with Crippen LogP contribution in [0.25, 0.3) is 44.5 Å². The molecule has 0 radical (unpaired) electrons. The molecule has 2 unspecified atom stereocenters. The van der Waals surface area contributed by atoms with E-state index in [4.69, 9.17) is 0 Å². The van der Waals surface area contributed by atoms with Crippen LogP contribution < -0.4 is 9.80 Å². The molecule has 2 atom stereocenters. The number of hydrogen-bond acceptors (Lipinski definition) is 2. The summed E-state index contributed by atoms with van der Waals surface area (Å²) >= 11 is 0. The predicted molar refractivity (Wildman–Crippen MR) is 288 cm³/mol. The fourth-order valence-corrected chi connectivity index (χ4v) is 9.56. The van der Waals surface area contributed by atoms with Crippen molar-refractivity contribution in [2.75, 3.05) is 9.80 Å². The van der Waals surface area contributed by atoms with E-state index < -0.39 is 0 Å². The molecule has 2 heteroatoms. The van der Waals surface area contributed by atoms with Gasteiger partial charge in [0.25, 0.3) is 0 Å². The molecule has 1 aliphatic rings. The van der Waals surface area contributed by atoms with E-state index in [0.717, 1.165) is 34.1 Å². The van der Waals surface area contributed by atoms with Crippen molar-refractivity contribution >= 4 is 34.1 Å². The van der Waals surface area contributed by atoms with Gasteiger partial charge in [-0.2, -0.15) is 0 Å². The highest BCUT2D eigenvalue weighted by Gasteiger charge is 2.24. The van der Waals surface area contributed by atoms with E-state index in [1.54, 1.807) is 0 Å². The Morgan fingerprint density at radius 3 is 0.603 bits per heavy atom. The van der Waals surface area contributed by atoms with Crippen LogP contribution in [0, 0.1) is 0 Å². The highest BCUT2D eigenvalue weighted by molar-refractivity contribution is 5.82. The average molecular weight is 871 g/mol. The molecule has 0 spiro atoms. The number of rotatable bonds is 12. The fraction of sp³-hybridized carbons (Fsp3) is 0.0303. The molecular weight excluding hydrogens is 821 g/mol. The molecule has 1 aliphatic carbocycles. The van der Waals surface area contributed by atoms with Gasteiger partial charge in [0.15, 0.2) is 0 Å². The molecule has 0 fully saturated rings. The highest BCUT2D eigenvalue weighted by Crippen LogP contribution is 2.43. The number of nitrogens with zero attached hydrogens (tertiary/aromatic N) is 2. The summed E-state index contributed by atoms with van der Waals surface area (Å²) in [6.45, 7) is 0. The third kappa shape index (κ3) is 8.96. The number of hydrogen-bond donors (Lipinski definition) is 0. The Labute approximate surface area is 400 Å². The molecule has 0 saturated carbocycles. The lowest BCUT2D eigenvalue weighted by Gasteiger charge is -2.29. The van der Waals surface area contributed by atoms with Gasteiger partial charge >= 0.3 is 0 Å². The third-order valence-corrected chi connectivity index (χ3v) is 13.1. The summed E-state index contributed by atoms with van der Waals surface area (Å²) in [4.78, 5) is 4.71. The maximum Gasteiger partial charge on any atom is 0.0462 e. The Kier molecular flexibility index (Phi) is 12.0. The quantitative estimate of drug-likeness (QED) is 0.121. The normalized spacial score (nSPS) is 14.1. The van der Waals surface area contributed by atoms with Gasteiger partial charge in [0.2, 0.25) is 0 Å². The van der Waals surface area contributed by atoms with Gasteiger partial charge in [-0.15, -0.1) is 0 Å². The second-order valence-electron chi connectivity index (χ2n) is 17.3. The Morgan fingerprint density at radius 1 is 0.191 bits per heavy atom. The van der Waals surface area contributed by atoms with Gasteiger partial charge < -0.3 is 9.80 Å². The molecule has 68 heavy (non-hydrogen) atoms. The van der Waals surface area contributed by atoms with Gasteiger partial charge in [-0.1, -0.05) is 218 Å². The van der Waals surface area contributed by atoms with Crippen molar-refractivity contribution in [3.05, 3.63) is 302 Å². The first-order chi connectivity index (χ1) is 33.7. The standard InChI is InChI=1S/C66H50N2/c1-5-15-49(16-6-1)53-25-37-59(38-26-53)67(60-39-27-54(28-40-60)50-17-7-2-8-18-50)63-45-33-57(34-46-63)65-23-13-14-24-66(65)58-35-47-64(48-36-58)68(61-41-29-55(30-42-61)51-19-9-3-10-20-51)62-43-31-56(32-44-62)52-21-11-4-12-22-52/h1-48,65-66H. The van der Waals surface area contributed by atoms with E-state index in [9.17, 15) is 0 Å². The van der Waals surface area contributed by atoms with E-state index in [0.29, 0.717) is 0 Å². The van der Waals surface area contributed by atoms with E-state index in [-0.39, 0.29) is 11.8 Å².